The summed E-state index contributed by atoms with van der Waals surface area (Å²) in [5, 5.41) is 11.0. The van der Waals surface area contributed by atoms with E-state index >= 15 is 0 Å². The molecule has 2 aromatic carbocycles. The lowest BCUT2D eigenvalue weighted by Gasteiger charge is -2.30. The maximum atomic E-state index is 12.7. The Kier molecular flexibility index (Phi) is 4.10. The third kappa shape index (κ3) is 2.95. The molecule has 4 heteroatoms. The summed E-state index contributed by atoms with van der Waals surface area (Å²) in [5.41, 5.74) is -0.372. The first kappa shape index (κ1) is 15.6. The van der Waals surface area contributed by atoms with Crippen LogP contribution in [0.15, 0.2) is 48.5 Å². The van der Waals surface area contributed by atoms with Crippen LogP contribution in [0.2, 0.25) is 0 Å². The van der Waals surface area contributed by atoms with Crippen LogP contribution in [-0.4, -0.2) is 5.11 Å². The molecule has 112 valence electrons. The Balaban J connectivity index is 2.54. The van der Waals surface area contributed by atoms with E-state index in [1.165, 1.54) is 6.07 Å². The second kappa shape index (κ2) is 5.53. The molecule has 1 nitrogen and oxygen atoms in total. The fraction of sp³-hybridized carbons (Fsp3) is 0.294. The normalized spacial score (nSPS) is 14.8. The molecule has 0 aromatic heterocycles. The SMILES string of the molecule is CCC(O)(c1ccccc1)c1ccc(C(F)(F)F)cc1C. The maximum Gasteiger partial charge on any atom is 0.416 e. The summed E-state index contributed by atoms with van der Waals surface area (Å²) >= 11 is 0. The van der Waals surface area contributed by atoms with Crippen LogP contribution in [0.5, 0.6) is 0 Å². The zero-order valence-electron chi connectivity index (χ0n) is 11.9. The zero-order chi connectivity index (χ0) is 15.7. The fourth-order valence-electron chi connectivity index (χ4n) is 2.57. The third-order valence-corrected chi connectivity index (χ3v) is 3.76. The van der Waals surface area contributed by atoms with Crippen LogP contribution in [-0.2, 0) is 11.8 Å². The van der Waals surface area contributed by atoms with E-state index in [-0.39, 0.29) is 0 Å². The van der Waals surface area contributed by atoms with Crippen molar-refractivity contribution in [3.05, 3.63) is 70.8 Å². The predicted molar refractivity (Wildman–Crippen MR) is 75.9 cm³/mol. The van der Waals surface area contributed by atoms with Crippen LogP contribution >= 0.6 is 0 Å². The molecule has 1 atom stereocenters. The highest BCUT2D eigenvalue weighted by Crippen LogP contribution is 2.37. The minimum absolute atomic E-state index is 0.378. The Labute approximate surface area is 122 Å². The Morgan fingerprint density at radius 3 is 2.05 bits per heavy atom. The molecule has 0 fully saturated rings. The summed E-state index contributed by atoms with van der Waals surface area (Å²) in [7, 11) is 0. The lowest BCUT2D eigenvalue weighted by Crippen LogP contribution is -2.27. The van der Waals surface area contributed by atoms with E-state index < -0.39 is 17.3 Å². The van der Waals surface area contributed by atoms with Crippen molar-refractivity contribution in [2.45, 2.75) is 32.0 Å². The Morgan fingerprint density at radius 2 is 1.57 bits per heavy atom. The maximum absolute atomic E-state index is 12.7. The van der Waals surface area contributed by atoms with Gasteiger partial charge in [-0.2, -0.15) is 13.2 Å². The summed E-state index contributed by atoms with van der Waals surface area (Å²) in [5.74, 6) is 0. The van der Waals surface area contributed by atoms with Gasteiger partial charge in [0.25, 0.3) is 0 Å². The number of hydrogen-bond donors (Lipinski definition) is 1. The van der Waals surface area contributed by atoms with Crippen LogP contribution in [0, 0.1) is 6.92 Å². The van der Waals surface area contributed by atoms with Gasteiger partial charge in [0.05, 0.1) is 5.56 Å². The predicted octanol–water partition coefficient (Wildman–Crippen LogP) is 4.66. The number of alkyl halides is 3. The number of hydrogen-bond acceptors (Lipinski definition) is 1. The summed E-state index contributed by atoms with van der Waals surface area (Å²) in [6, 6.07) is 12.5. The van der Waals surface area contributed by atoms with Gasteiger partial charge in [0, 0.05) is 0 Å². The highest BCUT2D eigenvalue weighted by molar-refractivity contribution is 5.42. The molecule has 1 unspecified atom stereocenters. The Morgan fingerprint density at radius 1 is 0.952 bits per heavy atom. The lowest BCUT2D eigenvalue weighted by atomic mass is 9.81. The minimum atomic E-state index is -4.37. The fourth-order valence-corrected chi connectivity index (χ4v) is 2.57. The van der Waals surface area contributed by atoms with Crippen molar-refractivity contribution in [2.75, 3.05) is 0 Å². The van der Waals surface area contributed by atoms with Gasteiger partial charge < -0.3 is 5.11 Å². The highest BCUT2D eigenvalue weighted by Gasteiger charge is 2.34. The van der Waals surface area contributed by atoms with E-state index in [9.17, 15) is 18.3 Å². The molecule has 0 saturated carbocycles. The Hall–Kier alpha value is -1.81. The Bertz CT molecular complexity index is 620. The summed E-state index contributed by atoms with van der Waals surface area (Å²) in [4.78, 5) is 0. The molecule has 0 aliphatic heterocycles. The minimum Gasteiger partial charge on any atom is -0.380 e. The first-order valence-electron chi connectivity index (χ1n) is 6.75. The van der Waals surface area contributed by atoms with Crippen molar-refractivity contribution in [2.24, 2.45) is 0 Å². The topological polar surface area (TPSA) is 20.2 Å². The van der Waals surface area contributed by atoms with Crippen molar-refractivity contribution in [3.63, 3.8) is 0 Å². The number of aliphatic hydroxyl groups is 1. The molecule has 2 aromatic rings. The molecule has 0 heterocycles. The van der Waals surface area contributed by atoms with E-state index in [4.69, 9.17) is 0 Å². The van der Waals surface area contributed by atoms with Crippen LogP contribution in [0.25, 0.3) is 0 Å². The monoisotopic (exact) mass is 294 g/mol. The van der Waals surface area contributed by atoms with Crippen LogP contribution < -0.4 is 0 Å². The highest BCUT2D eigenvalue weighted by atomic mass is 19.4. The molecule has 0 amide bonds. The van der Waals surface area contributed by atoms with Crippen molar-refractivity contribution in [1.82, 2.24) is 0 Å². The summed E-state index contributed by atoms with van der Waals surface area (Å²) < 4.78 is 38.2. The standard InChI is InChI=1S/C17H17F3O/c1-3-16(21,13-7-5-4-6-8-13)15-10-9-14(11-12(15)2)17(18,19)20/h4-11,21H,3H2,1-2H3. The van der Waals surface area contributed by atoms with Crippen LogP contribution in [0.1, 0.15) is 35.6 Å². The van der Waals surface area contributed by atoms with Crippen molar-refractivity contribution < 1.29 is 18.3 Å². The van der Waals surface area contributed by atoms with Crippen molar-refractivity contribution in [1.29, 1.82) is 0 Å². The molecule has 0 radical (unpaired) electrons. The molecule has 0 aliphatic carbocycles. The van der Waals surface area contributed by atoms with Gasteiger partial charge in [-0.25, -0.2) is 0 Å². The molecule has 0 spiro atoms. The van der Waals surface area contributed by atoms with E-state index in [0.29, 0.717) is 23.1 Å². The summed E-state index contributed by atoms with van der Waals surface area (Å²) in [6.07, 6.45) is -4.00. The van der Waals surface area contributed by atoms with E-state index in [1.54, 1.807) is 31.2 Å². The molecular weight excluding hydrogens is 277 g/mol. The molecule has 0 bridgehead atoms. The number of rotatable bonds is 3. The van der Waals surface area contributed by atoms with Crippen molar-refractivity contribution in [3.8, 4) is 0 Å². The second-order valence-corrected chi connectivity index (χ2v) is 5.11. The molecule has 1 N–H and O–H groups in total. The van der Waals surface area contributed by atoms with Gasteiger partial charge in [0.2, 0.25) is 0 Å². The van der Waals surface area contributed by atoms with E-state index in [0.717, 1.165) is 12.1 Å². The average molecular weight is 294 g/mol. The van der Waals surface area contributed by atoms with Gasteiger partial charge in [-0.1, -0.05) is 43.3 Å². The van der Waals surface area contributed by atoms with E-state index in [2.05, 4.69) is 0 Å². The quantitative estimate of drug-likeness (QED) is 0.873. The third-order valence-electron chi connectivity index (χ3n) is 3.76. The number of halogens is 3. The lowest BCUT2D eigenvalue weighted by molar-refractivity contribution is -0.137. The first-order valence-corrected chi connectivity index (χ1v) is 6.75. The van der Waals surface area contributed by atoms with Gasteiger partial charge in [-0.3, -0.25) is 0 Å². The number of aryl methyl sites for hydroxylation is 1. The van der Waals surface area contributed by atoms with Crippen LogP contribution in [0.3, 0.4) is 0 Å². The van der Waals surface area contributed by atoms with Gasteiger partial charge in [0.15, 0.2) is 0 Å². The average Bonchev–Trinajstić information content (AvgIpc) is 2.46. The molecule has 0 saturated heterocycles. The smallest absolute Gasteiger partial charge is 0.380 e. The van der Waals surface area contributed by atoms with Gasteiger partial charge in [-0.15, -0.1) is 0 Å². The molecule has 2 rings (SSSR count). The van der Waals surface area contributed by atoms with Gasteiger partial charge >= 0.3 is 6.18 Å². The molecule has 21 heavy (non-hydrogen) atoms. The van der Waals surface area contributed by atoms with Gasteiger partial charge in [0.1, 0.15) is 5.60 Å². The van der Waals surface area contributed by atoms with Crippen LogP contribution in [0.4, 0.5) is 13.2 Å². The largest absolute Gasteiger partial charge is 0.416 e. The zero-order valence-corrected chi connectivity index (χ0v) is 11.9. The molecular formula is C17H17F3O. The van der Waals surface area contributed by atoms with Crippen molar-refractivity contribution >= 4 is 0 Å². The summed E-state index contributed by atoms with van der Waals surface area (Å²) in [6.45, 7) is 3.40. The second-order valence-electron chi connectivity index (χ2n) is 5.11. The number of benzene rings is 2. The van der Waals surface area contributed by atoms with Gasteiger partial charge in [-0.05, 0) is 42.2 Å². The molecule has 0 aliphatic rings. The first-order chi connectivity index (χ1) is 9.79. The van der Waals surface area contributed by atoms with E-state index in [1.807, 2.05) is 13.0 Å².